The Morgan fingerprint density at radius 1 is 0.912 bits per heavy atom. The molecule has 0 aromatic heterocycles. The number of benzene rings is 3. The van der Waals surface area contributed by atoms with E-state index in [4.69, 9.17) is 9.47 Å². The van der Waals surface area contributed by atoms with Crippen LogP contribution in [0.3, 0.4) is 0 Å². The predicted octanol–water partition coefficient (Wildman–Crippen LogP) is 3.89. The van der Waals surface area contributed by atoms with Gasteiger partial charge < -0.3 is 9.47 Å². The highest BCUT2D eigenvalue weighted by Gasteiger charge is 2.36. The van der Waals surface area contributed by atoms with Crippen molar-refractivity contribution in [3.05, 3.63) is 95.1 Å². The fourth-order valence-corrected chi connectivity index (χ4v) is 3.34. The maximum atomic E-state index is 13.0. The molecule has 3 aromatic carbocycles. The summed E-state index contributed by atoms with van der Waals surface area (Å²) >= 11 is 0. The van der Waals surface area contributed by atoms with Gasteiger partial charge in [-0.2, -0.15) is 0 Å². The van der Waals surface area contributed by atoms with Gasteiger partial charge in [0.1, 0.15) is 5.57 Å². The van der Waals surface area contributed by atoms with Crippen molar-refractivity contribution in [2.24, 2.45) is 0 Å². The van der Waals surface area contributed by atoms with Crippen LogP contribution in [-0.2, 0) is 9.59 Å². The van der Waals surface area contributed by atoms with Gasteiger partial charge in [0.2, 0.25) is 0 Å². The Morgan fingerprint density at radius 3 is 2.29 bits per heavy atom. The maximum Gasteiger partial charge on any atom is 0.343 e. The summed E-state index contributed by atoms with van der Waals surface area (Å²) in [6.45, 7) is 1.88. The second kappa shape index (κ2) is 9.41. The molecular formula is C26H20N2O6. The zero-order valence-corrected chi connectivity index (χ0v) is 18.4. The van der Waals surface area contributed by atoms with Gasteiger partial charge in [-0.15, -0.1) is 0 Å². The van der Waals surface area contributed by atoms with Crippen molar-refractivity contribution >= 4 is 35.6 Å². The van der Waals surface area contributed by atoms with Gasteiger partial charge in [0.25, 0.3) is 11.8 Å². The normalized spacial score (nSPS) is 14.7. The van der Waals surface area contributed by atoms with Gasteiger partial charge in [0.05, 0.1) is 18.4 Å². The third-order valence-corrected chi connectivity index (χ3v) is 5.10. The van der Waals surface area contributed by atoms with Crippen LogP contribution in [0.4, 0.5) is 10.5 Å². The topological polar surface area (TPSA) is 102 Å². The fraction of sp³-hybridized carbons (Fsp3) is 0.0769. The zero-order chi connectivity index (χ0) is 24.2. The lowest BCUT2D eigenvalue weighted by Gasteiger charge is -2.26. The van der Waals surface area contributed by atoms with Gasteiger partial charge in [-0.05, 0) is 55.0 Å². The van der Waals surface area contributed by atoms with Crippen LogP contribution < -0.4 is 19.7 Å². The second-order valence-corrected chi connectivity index (χ2v) is 7.46. The van der Waals surface area contributed by atoms with Crippen LogP contribution in [0, 0.1) is 6.92 Å². The number of esters is 1. The highest BCUT2D eigenvalue weighted by atomic mass is 16.6. The molecule has 4 amide bonds. The standard InChI is InChI=1S/C26H20N2O6/c1-16-8-11-19(12-9-16)28-24(30)20(23(29)27-26(28)32)14-17-10-13-21(22(15-17)33-2)34-25(31)18-6-4-3-5-7-18/h3-15H,1-2H3,(H,27,29,32)/b20-14+. The van der Waals surface area contributed by atoms with Crippen molar-refractivity contribution < 1.29 is 28.7 Å². The van der Waals surface area contributed by atoms with E-state index < -0.39 is 23.8 Å². The number of urea groups is 1. The highest BCUT2D eigenvalue weighted by molar-refractivity contribution is 6.39. The third kappa shape index (κ3) is 4.56. The average molecular weight is 456 g/mol. The number of barbiturate groups is 1. The second-order valence-electron chi connectivity index (χ2n) is 7.46. The van der Waals surface area contributed by atoms with Crippen molar-refractivity contribution in [2.75, 3.05) is 12.0 Å². The lowest BCUT2D eigenvalue weighted by atomic mass is 10.1. The van der Waals surface area contributed by atoms with E-state index in [2.05, 4.69) is 5.32 Å². The Hall–Kier alpha value is -4.72. The number of carbonyl (C=O) groups excluding carboxylic acids is 4. The van der Waals surface area contributed by atoms with Crippen LogP contribution in [0.1, 0.15) is 21.5 Å². The van der Waals surface area contributed by atoms with Gasteiger partial charge >= 0.3 is 12.0 Å². The van der Waals surface area contributed by atoms with E-state index in [9.17, 15) is 19.2 Å². The smallest absolute Gasteiger partial charge is 0.343 e. The van der Waals surface area contributed by atoms with Crippen molar-refractivity contribution in [3.63, 3.8) is 0 Å². The average Bonchev–Trinajstić information content (AvgIpc) is 2.84. The number of rotatable bonds is 5. The molecule has 170 valence electrons. The number of ether oxygens (including phenoxy) is 2. The number of hydrogen-bond acceptors (Lipinski definition) is 6. The molecule has 34 heavy (non-hydrogen) atoms. The number of aryl methyl sites for hydroxylation is 1. The fourth-order valence-electron chi connectivity index (χ4n) is 3.34. The van der Waals surface area contributed by atoms with Gasteiger partial charge in [-0.25, -0.2) is 14.5 Å². The molecule has 4 rings (SSSR count). The van der Waals surface area contributed by atoms with Gasteiger partial charge in [-0.3, -0.25) is 14.9 Å². The molecule has 0 unspecified atom stereocenters. The van der Waals surface area contributed by atoms with Crippen LogP contribution in [0.2, 0.25) is 0 Å². The highest BCUT2D eigenvalue weighted by Crippen LogP contribution is 2.30. The number of amides is 4. The first-order chi connectivity index (χ1) is 16.4. The van der Waals surface area contributed by atoms with Crippen LogP contribution >= 0.6 is 0 Å². The molecule has 3 aromatic rings. The number of methoxy groups -OCH3 is 1. The molecule has 0 aliphatic carbocycles. The Balaban J connectivity index is 1.62. The molecule has 0 bridgehead atoms. The van der Waals surface area contributed by atoms with E-state index >= 15 is 0 Å². The Morgan fingerprint density at radius 2 is 1.62 bits per heavy atom. The van der Waals surface area contributed by atoms with E-state index in [-0.39, 0.29) is 17.1 Å². The summed E-state index contributed by atoms with van der Waals surface area (Å²) in [5, 5.41) is 2.19. The Bertz CT molecular complexity index is 1310. The summed E-state index contributed by atoms with van der Waals surface area (Å²) in [4.78, 5) is 51.1. The first-order valence-corrected chi connectivity index (χ1v) is 10.3. The van der Waals surface area contributed by atoms with Crippen LogP contribution in [-0.4, -0.2) is 30.9 Å². The lowest BCUT2D eigenvalue weighted by Crippen LogP contribution is -2.54. The van der Waals surface area contributed by atoms with Crippen molar-refractivity contribution in [2.45, 2.75) is 6.92 Å². The quantitative estimate of drug-likeness (QED) is 0.271. The van der Waals surface area contributed by atoms with E-state index in [0.717, 1.165) is 10.5 Å². The van der Waals surface area contributed by atoms with Crippen LogP contribution in [0.15, 0.2) is 78.4 Å². The first kappa shape index (κ1) is 22.5. The Kier molecular flexibility index (Phi) is 6.22. The first-order valence-electron chi connectivity index (χ1n) is 10.3. The minimum absolute atomic E-state index is 0.175. The molecule has 1 saturated heterocycles. The van der Waals surface area contributed by atoms with E-state index in [1.807, 2.05) is 6.92 Å². The van der Waals surface area contributed by atoms with E-state index in [1.165, 1.54) is 25.3 Å². The largest absolute Gasteiger partial charge is 0.493 e. The van der Waals surface area contributed by atoms with Gasteiger partial charge in [0.15, 0.2) is 11.5 Å². The number of nitrogens with zero attached hydrogens (tertiary/aromatic N) is 1. The SMILES string of the molecule is COc1cc(/C=C2\C(=O)NC(=O)N(c3ccc(C)cc3)C2=O)ccc1OC(=O)c1ccccc1. The molecule has 1 heterocycles. The summed E-state index contributed by atoms with van der Waals surface area (Å²) in [5.74, 6) is -1.71. The molecule has 1 fully saturated rings. The van der Waals surface area contributed by atoms with E-state index in [1.54, 1.807) is 60.7 Å². The number of carbonyl (C=O) groups is 4. The number of hydrogen-bond donors (Lipinski definition) is 1. The molecule has 0 atom stereocenters. The van der Waals surface area contributed by atoms with Crippen molar-refractivity contribution in [1.82, 2.24) is 5.32 Å². The van der Waals surface area contributed by atoms with Crippen LogP contribution in [0.5, 0.6) is 11.5 Å². The summed E-state index contributed by atoms with van der Waals surface area (Å²) in [5.41, 5.74) is 1.89. The predicted molar refractivity (Wildman–Crippen MR) is 125 cm³/mol. The molecule has 8 heteroatoms. The zero-order valence-electron chi connectivity index (χ0n) is 18.4. The van der Waals surface area contributed by atoms with Crippen molar-refractivity contribution in [3.8, 4) is 11.5 Å². The Labute approximate surface area is 195 Å². The van der Waals surface area contributed by atoms with Crippen LogP contribution in [0.25, 0.3) is 6.08 Å². The minimum Gasteiger partial charge on any atom is -0.493 e. The monoisotopic (exact) mass is 456 g/mol. The molecule has 1 aliphatic heterocycles. The van der Waals surface area contributed by atoms with Crippen molar-refractivity contribution in [1.29, 1.82) is 0 Å². The molecule has 0 radical (unpaired) electrons. The lowest BCUT2D eigenvalue weighted by molar-refractivity contribution is -0.122. The summed E-state index contributed by atoms with van der Waals surface area (Å²) in [6.07, 6.45) is 1.34. The molecule has 0 saturated carbocycles. The summed E-state index contributed by atoms with van der Waals surface area (Å²) in [6, 6.07) is 19.0. The summed E-state index contributed by atoms with van der Waals surface area (Å²) < 4.78 is 10.8. The van der Waals surface area contributed by atoms with Gasteiger partial charge in [0, 0.05) is 0 Å². The van der Waals surface area contributed by atoms with E-state index in [0.29, 0.717) is 16.8 Å². The summed E-state index contributed by atoms with van der Waals surface area (Å²) in [7, 11) is 1.41. The minimum atomic E-state index is -0.822. The number of imide groups is 2. The van der Waals surface area contributed by atoms with Gasteiger partial charge in [-0.1, -0.05) is 42.0 Å². The molecule has 8 nitrogen and oxygen atoms in total. The molecular weight excluding hydrogens is 436 g/mol. The molecule has 1 N–H and O–H groups in total. The number of anilines is 1. The molecule has 1 aliphatic rings. The molecule has 0 spiro atoms. The third-order valence-electron chi connectivity index (χ3n) is 5.10. The maximum absolute atomic E-state index is 13.0. The number of nitrogens with one attached hydrogen (secondary N) is 1.